The minimum atomic E-state index is -1.50. The Hall–Kier alpha value is -0.240. The summed E-state index contributed by atoms with van der Waals surface area (Å²) in [6.45, 7) is 3.69. The number of hydrogen-bond acceptors (Lipinski definition) is 6. The van der Waals surface area contributed by atoms with E-state index in [0.29, 0.717) is 0 Å². The number of hydrogen-bond donors (Lipinski definition) is 4. The molecule has 90 valence electrons. The van der Waals surface area contributed by atoms with Crippen LogP contribution in [0.5, 0.6) is 0 Å². The highest BCUT2D eigenvalue weighted by Crippen LogP contribution is 2.20. The van der Waals surface area contributed by atoms with E-state index in [9.17, 15) is 20.4 Å². The average molecular weight is 222 g/mol. The summed E-state index contributed by atoms with van der Waals surface area (Å²) < 4.78 is 10.1. The zero-order chi connectivity index (χ0) is 11.6. The van der Waals surface area contributed by atoms with Crippen LogP contribution in [-0.4, -0.2) is 63.8 Å². The molecule has 2 unspecified atom stereocenters. The third-order valence-electron chi connectivity index (χ3n) is 2.28. The van der Waals surface area contributed by atoms with E-state index in [0.717, 1.165) is 0 Å². The molecule has 0 amide bonds. The van der Waals surface area contributed by atoms with Crippen LogP contribution in [0.15, 0.2) is 0 Å². The van der Waals surface area contributed by atoms with Crippen LogP contribution < -0.4 is 0 Å². The summed E-state index contributed by atoms with van der Waals surface area (Å²) in [6, 6.07) is 0. The van der Waals surface area contributed by atoms with Gasteiger partial charge in [-0.2, -0.15) is 0 Å². The number of rotatable bonds is 3. The van der Waals surface area contributed by atoms with Crippen LogP contribution in [-0.2, 0) is 9.47 Å². The molecule has 6 nitrogen and oxygen atoms in total. The molecule has 0 aromatic carbocycles. The lowest BCUT2D eigenvalue weighted by molar-refractivity contribution is -0.289. The molecule has 0 saturated carbocycles. The van der Waals surface area contributed by atoms with Gasteiger partial charge in [0, 0.05) is 0 Å². The highest BCUT2D eigenvalue weighted by atomic mass is 16.6. The van der Waals surface area contributed by atoms with E-state index in [1.54, 1.807) is 0 Å². The first-order valence-electron chi connectivity index (χ1n) is 4.92. The quantitative estimate of drug-likeness (QED) is 0.450. The lowest BCUT2D eigenvalue weighted by Crippen LogP contribution is -2.58. The second-order valence-electron chi connectivity index (χ2n) is 3.92. The van der Waals surface area contributed by atoms with Crippen LogP contribution in [0.3, 0.4) is 0 Å². The Morgan fingerprint density at radius 3 is 2.20 bits per heavy atom. The van der Waals surface area contributed by atoms with Crippen LogP contribution in [0.1, 0.15) is 13.8 Å². The molecule has 1 rings (SSSR count). The standard InChI is InChI=1S/C9H18O6/c1-4(2)14-3-5-6(10)7(11)8(12)9(13)15-5/h4-13H,3H2,1-2H3/t5?,6-,7?,8+,9+/m1/s1. The predicted octanol–water partition coefficient (Wildman–Crippen LogP) is -1.79. The molecule has 1 aliphatic rings. The van der Waals surface area contributed by atoms with Gasteiger partial charge in [-0.15, -0.1) is 0 Å². The van der Waals surface area contributed by atoms with Crippen molar-refractivity contribution < 1.29 is 29.9 Å². The van der Waals surface area contributed by atoms with Crippen LogP contribution in [0.2, 0.25) is 0 Å². The van der Waals surface area contributed by atoms with Gasteiger partial charge in [-0.25, -0.2) is 0 Å². The fraction of sp³-hybridized carbons (Fsp3) is 1.00. The molecule has 15 heavy (non-hydrogen) atoms. The summed E-state index contributed by atoms with van der Waals surface area (Å²) in [5.74, 6) is 0. The average Bonchev–Trinajstić information content (AvgIpc) is 2.18. The van der Waals surface area contributed by atoms with Gasteiger partial charge in [0.25, 0.3) is 0 Å². The van der Waals surface area contributed by atoms with E-state index in [1.807, 2.05) is 13.8 Å². The van der Waals surface area contributed by atoms with Crippen molar-refractivity contribution >= 4 is 0 Å². The fourth-order valence-corrected chi connectivity index (χ4v) is 1.36. The Balaban J connectivity index is 2.51. The van der Waals surface area contributed by atoms with Gasteiger partial charge in [0.2, 0.25) is 0 Å². The van der Waals surface area contributed by atoms with Crippen LogP contribution >= 0.6 is 0 Å². The molecular weight excluding hydrogens is 204 g/mol. The Morgan fingerprint density at radius 1 is 1.07 bits per heavy atom. The van der Waals surface area contributed by atoms with Crippen molar-refractivity contribution in [1.29, 1.82) is 0 Å². The van der Waals surface area contributed by atoms with E-state index in [4.69, 9.17) is 9.47 Å². The maximum atomic E-state index is 9.51. The van der Waals surface area contributed by atoms with E-state index in [2.05, 4.69) is 0 Å². The van der Waals surface area contributed by atoms with Crippen molar-refractivity contribution in [1.82, 2.24) is 0 Å². The number of ether oxygens (including phenoxy) is 2. The van der Waals surface area contributed by atoms with Gasteiger partial charge < -0.3 is 29.9 Å². The second kappa shape index (κ2) is 5.20. The SMILES string of the molecule is CC(C)OCC1O[C@H](O)[C@@H](O)C(O)[C@@H]1O. The molecule has 4 N–H and O–H groups in total. The first-order chi connectivity index (χ1) is 6.93. The van der Waals surface area contributed by atoms with E-state index in [1.165, 1.54) is 0 Å². The molecule has 1 saturated heterocycles. The summed E-state index contributed by atoms with van der Waals surface area (Å²) in [5, 5.41) is 37.3. The molecule has 1 heterocycles. The Labute approximate surface area is 88.1 Å². The normalized spacial score (nSPS) is 42.2. The third kappa shape index (κ3) is 3.10. The van der Waals surface area contributed by atoms with Crippen molar-refractivity contribution in [3.63, 3.8) is 0 Å². The molecule has 0 bridgehead atoms. The van der Waals surface area contributed by atoms with Gasteiger partial charge >= 0.3 is 0 Å². The van der Waals surface area contributed by atoms with Gasteiger partial charge in [0.1, 0.15) is 24.4 Å². The largest absolute Gasteiger partial charge is 0.387 e. The molecule has 1 fully saturated rings. The van der Waals surface area contributed by atoms with Gasteiger partial charge in [-0.1, -0.05) is 0 Å². The zero-order valence-electron chi connectivity index (χ0n) is 8.78. The van der Waals surface area contributed by atoms with Crippen molar-refractivity contribution in [2.24, 2.45) is 0 Å². The molecule has 6 heteroatoms. The highest BCUT2D eigenvalue weighted by Gasteiger charge is 2.42. The first-order valence-corrected chi connectivity index (χ1v) is 4.92. The van der Waals surface area contributed by atoms with E-state index >= 15 is 0 Å². The maximum Gasteiger partial charge on any atom is 0.184 e. The second-order valence-corrected chi connectivity index (χ2v) is 3.92. The minimum Gasteiger partial charge on any atom is -0.387 e. The molecule has 0 aliphatic carbocycles. The monoisotopic (exact) mass is 222 g/mol. The number of aliphatic hydroxyl groups is 4. The van der Waals surface area contributed by atoms with Gasteiger partial charge in [-0.05, 0) is 13.8 Å². The molecule has 0 aromatic rings. The van der Waals surface area contributed by atoms with Crippen molar-refractivity contribution in [3.05, 3.63) is 0 Å². The zero-order valence-corrected chi connectivity index (χ0v) is 8.78. The van der Waals surface area contributed by atoms with Crippen LogP contribution in [0, 0.1) is 0 Å². The molecule has 5 atom stereocenters. The summed E-state index contributed by atoms with van der Waals surface area (Å²) >= 11 is 0. The highest BCUT2D eigenvalue weighted by molar-refractivity contribution is 4.88. The third-order valence-corrected chi connectivity index (χ3v) is 2.28. The van der Waals surface area contributed by atoms with Crippen molar-refractivity contribution in [2.45, 2.75) is 50.7 Å². The Morgan fingerprint density at radius 2 is 1.67 bits per heavy atom. The van der Waals surface area contributed by atoms with E-state index in [-0.39, 0.29) is 12.7 Å². The molecule has 0 spiro atoms. The lowest BCUT2D eigenvalue weighted by atomic mass is 9.99. The molecule has 0 aromatic heterocycles. The number of aliphatic hydroxyl groups excluding tert-OH is 4. The van der Waals surface area contributed by atoms with Gasteiger partial charge in [0.15, 0.2) is 6.29 Å². The molecular formula is C9H18O6. The summed E-state index contributed by atoms with van der Waals surface area (Å²) in [6.07, 6.45) is -6.54. The first kappa shape index (κ1) is 12.8. The molecule has 0 radical (unpaired) electrons. The van der Waals surface area contributed by atoms with Gasteiger partial charge in [-0.3, -0.25) is 0 Å². The summed E-state index contributed by atoms with van der Waals surface area (Å²) in [4.78, 5) is 0. The van der Waals surface area contributed by atoms with Crippen LogP contribution in [0.25, 0.3) is 0 Å². The van der Waals surface area contributed by atoms with Gasteiger partial charge in [0.05, 0.1) is 12.7 Å². The topological polar surface area (TPSA) is 99.4 Å². The lowest BCUT2D eigenvalue weighted by Gasteiger charge is -2.38. The van der Waals surface area contributed by atoms with E-state index < -0.39 is 30.7 Å². The predicted molar refractivity (Wildman–Crippen MR) is 50.0 cm³/mol. The van der Waals surface area contributed by atoms with Crippen molar-refractivity contribution in [2.75, 3.05) is 6.61 Å². The maximum absolute atomic E-state index is 9.51. The fourth-order valence-electron chi connectivity index (χ4n) is 1.36. The smallest absolute Gasteiger partial charge is 0.184 e. The Kier molecular flexibility index (Phi) is 4.45. The minimum absolute atomic E-state index is 0.0399. The Bertz CT molecular complexity index is 197. The van der Waals surface area contributed by atoms with Crippen molar-refractivity contribution in [3.8, 4) is 0 Å². The summed E-state index contributed by atoms with van der Waals surface area (Å²) in [5.41, 5.74) is 0. The molecule has 1 aliphatic heterocycles. The van der Waals surface area contributed by atoms with Crippen LogP contribution in [0.4, 0.5) is 0 Å². The summed E-state index contributed by atoms with van der Waals surface area (Å²) in [7, 11) is 0.